The number of amides is 1. The smallest absolute Gasteiger partial charge is 0.264 e. The highest BCUT2D eigenvalue weighted by molar-refractivity contribution is 6.31. The Morgan fingerprint density at radius 3 is 2.62 bits per heavy atom. The van der Waals surface area contributed by atoms with E-state index >= 15 is 0 Å². The van der Waals surface area contributed by atoms with Gasteiger partial charge in [-0.1, -0.05) is 11.6 Å². The summed E-state index contributed by atoms with van der Waals surface area (Å²) in [4.78, 5) is 24.6. The van der Waals surface area contributed by atoms with Crippen LogP contribution in [0, 0.1) is 5.82 Å². The minimum Gasteiger partial charge on any atom is -0.326 e. The summed E-state index contributed by atoms with van der Waals surface area (Å²) < 4.78 is 42.6. The Hall–Kier alpha value is -2.81. The summed E-state index contributed by atoms with van der Waals surface area (Å²) in [5.74, 6) is -1.06. The van der Waals surface area contributed by atoms with Crippen LogP contribution in [0.3, 0.4) is 0 Å². The first-order chi connectivity index (χ1) is 13.7. The van der Waals surface area contributed by atoms with Gasteiger partial charge in [-0.15, -0.1) is 0 Å². The number of carbonyl (C=O) groups is 1. The second-order valence-corrected chi connectivity index (χ2v) is 7.16. The number of aromatic nitrogens is 3. The number of carbonyl (C=O) groups excluding carboxylic acids is 1. The fourth-order valence-corrected chi connectivity index (χ4v) is 3.03. The molecule has 1 N–H and O–H groups in total. The molecule has 3 aromatic rings. The first kappa shape index (κ1) is 20.9. The summed E-state index contributed by atoms with van der Waals surface area (Å²) in [5, 5.41) is 6.83. The second kappa shape index (κ2) is 8.28. The number of benzene rings is 1. The third-order valence-electron chi connectivity index (χ3n) is 4.35. The van der Waals surface area contributed by atoms with Gasteiger partial charge in [-0.3, -0.25) is 18.8 Å². The molecule has 10 heteroatoms. The highest BCUT2D eigenvalue weighted by atomic mass is 35.5. The molecule has 3 rings (SSSR count). The summed E-state index contributed by atoms with van der Waals surface area (Å²) in [6.45, 7) is 3.60. The first-order valence-corrected chi connectivity index (χ1v) is 9.21. The lowest BCUT2D eigenvalue weighted by molar-refractivity contribution is -0.116. The number of fused-ring (bicyclic) bond motifs is 1. The van der Waals surface area contributed by atoms with Gasteiger partial charge in [-0.2, -0.15) is 5.10 Å². The summed E-state index contributed by atoms with van der Waals surface area (Å²) in [6, 6.07) is 4.51. The molecule has 0 unspecified atom stereocenters. The largest absolute Gasteiger partial charge is 0.326 e. The van der Waals surface area contributed by atoms with Crippen LogP contribution >= 0.6 is 11.6 Å². The van der Waals surface area contributed by atoms with E-state index in [1.807, 2.05) is 13.8 Å². The Morgan fingerprint density at radius 1 is 1.28 bits per heavy atom. The number of alkyl halides is 2. The molecule has 0 saturated carbocycles. The van der Waals surface area contributed by atoms with Crippen LogP contribution in [0.4, 0.5) is 18.9 Å². The Bertz CT molecular complexity index is 1120. The fraction of sp³-hybridized carbons (Fsp3) is 0.316. The molecule has 0 atom stereocenters. The third kappa shape index (κ3) is 4.45. The maximum Gasteiger partial charge on any atom is 0.264 e. The fourth-order valence-electron chi connectivity index (χ4n) is 2.85. The number of hydrogen-bond acceptors (Lipinski definition) is 3. The van der Waals surface area contributed by atoms with Gasteiger partial charge in [0.1, 0.15) is 5.82 Å². The zero-order valence-electron chi connectivity index (χ0n) is 15.6. The van der Waals surface area contributed by atoms with Gasteiger partial charge in [0.25, 0.3) is 12.0 Å². The molecular formula is C19H18ClF3N4O2. The van der Waals surface area contributed by atoms with Crippen LogP contribution in [0.2, 0.25) is 5.02 Å². The standard InChI is InChI=1S/C19H18ClF3N4O2/c1-10(2)27-9-13-12(18(22)23)8-17(29)26(19(13)25-27)6-5-16(28)24-11-3-4-15(21)14(20)7-11/h3-4,7-10,18H,5-6H2,1-2H3,(H,24,28). The number of hydrogen-bond donors (Lipinski definition) is 1. The first-order valence-electron chi connectivity index (χ1n) is 8.83. The van der Waals surface area contributed by atoms with Crippen LogP contribution < -0.4 is 10.9 Å². The van der Waals surface area contributed by atoms with Gasteiger partial charge in [0.05, 0.1) is 5.02 Å². The van der Waals surface area contributed by atoms with Gasteiger partial charge in [0.2, 0.25) is 5.91 Å². The summed E-state index contributed by atoms with van der Waals surface area (Å²) in [5.41, 5.74) is -0.659. The zero-order chi connectivity index (χ0) is 21.3. The van der Waals surface area contributed by atoms with E-state index in [0.29, 0.717) is 5.69 Å². The minimum absolute atomic E-state index is 0.0608. The molecule has 0 spiro atoms. The van der Waals surface area contributed by atoms with E-state index in [9.17, 15) is 22.8 Å². The van der Waals surface area contributed by atoms with Crippen molar-refractivity contribution in [1.29, 1.82) is 0 Å². The second-order valence-electron chi connectivity index (χ2n) is 6.76. The van der Waals surface area contributed by atoms with Crippen molar-refractivity contribution in [1.82, 2.24) is 14.3 Å². The number of anilines is 1. The maximum atomic E-state index is 13.3. The van der Waals surface area contributed by atoms with Gasteiger partial charge in [0.15, 0.2) is 5.65 Å². The summed E-state index contributed by atoms with van der Waals surface area (Å²) in [7, 11) is 0. The molecule has 2 heterocycles. The highest BCUT2D eigenvalue weighted by Crippen LogP contribution is 2.27. The van der Waals surface area contributed by atoms with Crippen LogP contribution in [0.1, 0.15) is 38.3 Å². The van der Waals surface area contributed by atoms with Crippen molar-refractivity contribution in [2.45, 2.75) is 39.3 Å². The van der Waals surface area contributed by atoms with Crippen LogP contribution in [0.25, 0.3) is 11.0 Å². The van der Waals surface area contributed by atoms with Crippen molar-refractivity contribution in [2.24, 2.45) is 0 Å². The zero-order valence-corrected chi connectivity index (χ0v) is 16.4. The summed E-state index contributed by atoms with van der Waals surface area (Å²) in [6.07, 6.45) is -1.47. The predicted molar refractivity (Wildman–Crippen MR) is 104 cm³/mol. The Kier molecular flexibility index (Phi) is 5.97. The molecule has 1 aromatic carbocycles. The number of halogens is 4. The van der Waals surface area contributed by atoms with Crippen LogP contribution in [-0.2, 0) is 11.3 Å². The van der Waals surface area contributed by atoms with E-state index in [1.165, 1.54) is 27.6 Å². The quantitative estimate of drug-likeness (QED) is 0.629. The van der Waals surface area contributed by atoms with Gasteiger partial charge in [0, 0.05) is 47.9 Å². The lowest BCUT2D eigenvalue weighted by Crippen LogP contribution is -2.24. The molecular weight excluding hydrogens is 409 g/mol. The highest BCUT2D eigenvalue weighted by Gasteiger charge is 2.20. The molecule has 0 aliphatic carbocycles. The van der Waals surface area contributed by atoms with Crippen LogP contribution in [0.15, 0.2) is 35.3 Å². The number of aryl methyl sites for hydroxylation is 1. The van der Waals surface area contributed by atoms with E-state index < -0.39 is 29.3 Å². The van der Waals surface area contributed by atoms with Crippen molar-refractivity contribution in [3.05, 3.63) is 57.2 Å². The molecule has 29 heavy (non-hydrogen) atoms. The van der Waals surface area contributed by atoms with Gasteiger partial charge < -0.3 is 5.32 Å². The molecule has 6 nitrogen and oxygen atoms in total. The SMILES string of the molecule is CC(C)n1cc2c(C(F)F)cc(=O)n(CCC(=O)Nc3ccc(F)c(Cl)c3)c2n1. The number of pyridine rings is 1. The molecule has 0 saturated heterocycles. The van der Waals surface area contributed by atoms with Crippen molar-refractivity contribution in [3.8, 4) is 0 Å². The van der Waals surface area contributed by atoms with Gasteiger partial charge >= 0.3 is 0 Å². The van der Waals surface area contributed by atoms with E-state index in [0.717, 1.165) is 12.1 Å². The lowest BCUT2D eigenvalue weighted by Gasteiger charge is -2.10. The normalized spacial score (nSPS) is 11.6. The van der Waals surface area contributed by atoms with Crippen molar-refractivity contribution in [3.63, 3.8) is 0 Å². The Balaban J connectivity index is 1.86. The third-order valence-corrected chi connectivity index (χ3v) is 4.64. The number of nitrogens with one attached hydrogen (secondary N) is 1. The Morgan fingerprint density at radius 2 is 2.00 bits per heavy atom. The average molecular weight is 427 g/mol. The van der Waals surface area contributed by atoms with Crippen molar-refractivity contribution >= 4 is 34.2 Å². The lowest BCUT2D eigenvalue weighted by atomic mass is 10.2. The van der Waals surface area contributed by atoms with Gasteiger partial charge in [-0.25, -0.2) is 13.2 Å². The monoisotopic (exact) mass is 426 g/mol. The van der Waals surface area contributed by atoms with E-state index in [2.05, 4.69) is 10.4 Å². The molecule has 0 aliphatic rings. The molecule has 1 amide bonds. The van der Waals surface area contributed by atoms with Crippen LogP contribution in [-0.4, -0.2) is 20.3 Å². The molecule has 0 aliphatic heterocycles. The summed E-state index contributed by atoms with van der Waals surface area (Å²) >= 11 is 5.68. The number of nitrogens with zero attached hydrogens (tertiary/aromatic N) is 3. The van der Waals surface area contributed by atoms with E-state index in [1.54, 1.807) is 0 Å². The van der Waals surface area contributed by atoms with E-state index in [4.69, 9.17) is 11.6 Å². The van der Waals surface area contributed by atoms with Crippen molar-refractivity contribution < 1.29 is 18.0 Å². The molecule has 2 aromatic heterocycles. The molecule has 0 bridgehead atoms. The average Bonchev–Trinajstić information content (AvgIpc) is 3.08. The maximum absolute atomic E-state index is 13.3. The van der Waals surface area contributed by atoms with E-state index in [-0.39, 0.29) is 35.1 Å². The van der Waals surface area contributed by atoms with Crippen LogP contribution in [0.5, 0.6) is 0 Å². The minimum atomic E-state index is -2.82. The topological polar surface area (TPSA) is 68.9 Å². The molecule has 0 fully saturated rings. The molecule has 154 valence electrons. The predicted octanol–water partition coefficient (Wildman–Crippen LogP) is 4.54. The van der Waals surface area contributed by atoms with Crippen molar-refractivity contribution in [2.75, 3.05) is 5.32 Å². The number of rotatable bonds is 6. The Labute approximate surface area is 168 Å². The van der Waals surface area contributed by atoms with Gasteiger partial charge in [-0.05, 0) is 32.0 Å². The molecule has 0 radical (unpaired) electrons.